The van der Waals surface area contributed by atoms with Gasteiger partial charge in [-0.25, -0.2) is 4.68 Å². The van der Waals surface area contributed by atoms with E-state index < -0.39 is 18.0 Å². The Kier molecular flexibility index (Phi) is 6.78. The predicted octanol–water partition coefficient (Wildman–Crippen LogP) is 2.35. The topological polar surface area (TPSA) is 105 Å². The van der Waals surface area contributed by atoms with E-state index in [9.17, 15) is 14.4 Å². The Balaban J connectivity index is 1.76. The van der Waals surface area contributed by atoms with Crippen LogP contribution in [0.2, 0.25) is 0 Å². The molecule has 0 aliphatic carbocycles. The molecule has 0 spiro atoms. The minimum Gasteiger partial charge on any atom is -0.452 e. The Bertz CT molecular complexity index is 1200. The largest absolute Gasteiger partial charge is 0.452 e. The van der Waals surface area contributed by atoms with Crippen molar-refractivity contribution in [3.63, 3.8) is 0 Å². The third kappa shape index (κ3) is 4.95. The summed E-state index contributed by atoms with van der Waals surface area (Å²) in [5.74, 6) is -1.06. The van der Waals surface area contributed by atoms with Crippen molar-refractivity contribution in [2.75, 3.05) is 11.4 Å². The number of aryl methyl sites for hydroxylation is 1. The second-order valence-corrected chi connectivity index (χ2v) is 6.96. The Morgan fingerprint density at radius 3 is 2.45 bits per heavy atom. The van der Waals surface area contributed by atoms with Crippen LogP contribution >= 0.6 is 0 Å². The maximum atomic E-state index is 12.9. The second-order valence-electron chi connectivity index (χ2n) is 6.96. The molecule has 0 saturated heterocycles. The third-order valence-corrected chi connectivity index (χ3v) is 4.78. The Morgan fingerprint density at radius 1 is 1.13 bits per heavy atom. The summed E-state index contributed by atoms with van der Waals surface area (Å²) in [6.07, 6.45) is -1.09. The molecular formula is C23H22N4O4. The van der Waals surface area contributed by atoms with Crippen molar-refractivity contribution in [3.05, 3.63) is 70.6 Å². The van der Waals surface area contributed by atoms with Crippen LogP contribution in [-0.4, -0.2) is 34.3 Å². The van der Waals surface area contributed by atoms with Crippen molar-refractivity contribution in [1.29, 1.82) is 5.26 Å². The van der Waals surface area contributed by atoms with Gasteiger partial charge in [-0.3, -0.25) is 14.4 Å². The maximum absolute atomic E-state index is 12.9. The number of nitrogens with zero attached hydrogens (tertiary/aromatic N) is 4. The van der Waals surface area contributed by atoms with Crippen LogP contribution in [0.5, 0.6) is 0 Å². The average molecular weight is 418 g/mol. The highest BCUT2D eigenvalue weighted by Gasteiger charge is 2.25. The van der Waals surface area contributed by atoms with E-state index in [-0.39, 0.29) is 24.9 Å². The second kappa shape index (κ2) is 9.67. The summed E-state index contributed by atoms with van der Waals surface area (Å²) in [5, 5.41) is 14.1. The summed E-state index contributed by atoms with van der Waals surface area (Å²) in [6.45, 7) is 1.68. The van der Waals surface area contributed by atoms with Gasteiger partial charge in [0.15, 0.2) is 6.10 Å². The fraction of sp³-hybridized carbons (Fsp3) is 0.261. The molecule has 1 heterocycles. The average Bonchev–Trinajstić information content (AvgIpc) is 2.78. The summed E-state index contributed by atoms with van der Waals surface area (Å²) in [7, 11) is 1.52. The number of carbonyl (C=O) groups excluding carboxylic acids is 2. The molecular weight excluding hydrogens is 396 g/mol. The number of benzene rings is 2. The molecule has 0 aliphatic rings. The molecule has 1 unspecified atom stereocenters. The zero-order valence-electron chi connectivity index (χ0n) is 17.3. The van der Waals surface area contributed by atoms with Crippen LogP contribution < -0.4 is 10.5 Å². The molecule has 31 heavy (non-hydrogen) atoms. The van der Waals surface area contributed by atoms with Gasteiger partial charge in [-0.2, -0.15) is 10.4 Å². The first kappa shape index (κ1) is 21.7. The standard InChI is InChI=1S/C23H22N4O4/c1-16(22(29)27(14-8-13-24)17-9-4-3-5-10-17)31-21(28)15-20-18-11-6-7-12-19(18)23(30)26(2)25-20/h3-7,9-12,16H,8,14-15H2,1-2H3. The minimum absolute atomic E-state index is 0.148. The molecule has 8 heteroatoms. The van der Waals surface area contributed by atoms with Crippen molar-refractivity contribution in [3.8, 4) is 6.07 Å². The molecule has 1 atom stereocenters. The number of para-hydroxylation sites is 1. The molecule has 8 nitrogen and oxygen atoms in total. The lowest BCUT2D eigenvalue weighted by atomic mass is 10.1. The molecule has 1 amide bonds. The van der Waals surface area contributed by atoms with E-state index in [0.29, 0.717) is 22.2 Å². The first-order valence-electron chi connectivity index (χ1n) is 9.80. The van der Waals surface area contributed by atoms with E-state index >= 15 is 0 Å². The SMILES string of the molecule is CC(OC(=O)Cc1nn(C)c(=O)c2ccccc12)C(=O)N(CCC#N)c1ccccc1. The van der Waals surface area contributed by atoms with Crippen LogP contribution in [-0.2, 0) is 27.8 Å². The third-order valence-electron chi connectivity index (χ3n) is 4.78. The summed E-state index contributed by atoms with van der Waals surface area (Å²) >= 11 is 0. The molecule has 0 radical (unpaired) electrons. The van der Waals surface area contributed by atoms with Crippen LogP contribution in [0.15, 0.2) is 59.4 Å². The minimum atomic E-state index is -1.05. The summed E-state index contributed by atoms with van der Waals surface area (Å²) in [6, 6.07) is 17.8. The van der Waals surface area contributed by atoms with Crippen molar-refractivity contribution < 1.29 is 14.3 Å². The maximum Gasteiger partial charge on any atom is 0.312 e. The zero-order valence-corrected chi connectivity index (χ0v) is 17.3. The lowest BCUT2D eigenvalue weighted by molar-refractivity contribution is -0.153. The van der Waals surface area contributed by atoms with Gasteiger partial charge in [0.25, 0.3) is 11.5 Å². The molecule has 3 aromatic rings. The number of aromatic nitrogens is 2. The number of amides is 1. The van der Waals surface area contributed by atoms with Crippen molar-refractivity contribution in [2.24, 2.45) is 7.05 Å². The fourth-order valence-corrected chi connectivity index (χ4v) is 3.29. The van der Waals surface area contributed by atoms with E-state index in [1.54, 1.807) is 48.5 Å². The Morgan fingerprint density at radius 2 is 1.77 bits per heavy atom. The molecule has 158 valence electrons. The van der Waals surface area contributed by atoms with E-state index in [4.69, 9.17) is 10.00 Å². The number of esters is 1. The number of rotatable bonds is 7. The van der Waals surface area contributed by atoms with Gasteiger partial charge in [-0.05, 0) is 25.1 Å². The van der Waals surface area contributed by atoms with Crippen LogP contribution in [0.4, 0.5) is 5.69 Å². The molecule has 0 N–H and O–H groups in total. The molecule has 0 saturated carbocycles. The number of hydrogen-bond donors (Lipinski definition) is 0. The normalized spacial score (nSPS) is 11.5. The lowest BCUT2D eigenvalue weighted by Crippen LogP contribution is -2.41. The van der Waals surface area contributed by atoms with Gasteiger partial charge in [-0.15, -0.1) is 0 Å². The highest BCUT2D eigenvalue weighted by Crippen LogP contribution is 2.17. The first-order valence-corrected chi connectivity index (χ1v) is 9.80. The fourth-order valence-electron chi connectivity index (χ4n) is 3.29. The number of hydrogen-bond acceptors (Lipinski definition) is 6. The number of nitriles is 1. The number of ether oxygens (including phenoxy) is 1. The van der Waals surface area contributed by atoms with Crippen LogP contribution in [0.1, 0.15) is 19.0 Å². The van der Waals surface area contributed by atoms with E-state index in [1.165, 1.54) is 23.6 Å². The molecule has 3 rings (SSSR count). The predicted molar refractivity (Wildman–Crippen MR) is 115 cm³/mol. The molecule has 2 aromatic carbocycles. The van der Waals surface area contributed by atoms with Crippen molar-refractivity contribution in [1.82, 2.24) is 9.78 Å². The molecule has 0 aliphatic heterocycles. The summed E-state index contributed by atoms with van der Waals surface area (Å²) in [5.41, 5.74) is 0.760. The number of carbonyl (C=O) groups is 2. The van der Waals surface area contributed by atoms with Crippen LogP contribution in [0.3, 0.4) is 0 Å². The number of fused-ring (bicyclic) bond motifs is 1. The van der Waals surface area contributed by atoms with Crippen molar-refractivity contribution >= 4 is 28.3 Å². The van der Waals surface area contributed by atoms with Gasteiger partial charge < -0.3 is 9.64 Å². The van der Waals surface area contributed by atoms with Gasteiger partial charge in [0.05, 0.1) is 30.0 Å². The lowest BCUT2D eigenvalue weighted by Gasteiger charge is -2.25. The quantitative estimate of drug-likeness (QED) is 0.546. The monoisotopic (exact) mass is 418 g/mol. The van der Waals surface area contributed by atoms with E-state index in [1.807, 2.05) is 12.1 Å². The Labute approximate surface area is 179 Å². The van der Waals surface area contributed by atoms with Crippen molar-refractivity contribution in [2.45, 2.75) is 25.9 Å². The zero-order chi connectivity index (χ0) is 22.4. The number of anilines is 1. The van der Waals surface area contributed by atoms with Crippen LogP contribution in [0.25, 0.3) is 10.8 Å². The summed E-state index contributed by atoms with van der Waals surface area (Å²) < 4.78 is 6.56. The first-order chi connectivity index (χ1) is 14.9. The molecule has 0 fully saturated rings. The van der Waals surface area contributed by atoms with Gasteiger partial charge in [0, 0.05) is 24.7 Å². The van der Waals surface area contributed by atoms with Gasteiger partial charge in [-0.1, -0.05) is 36.4 Å². The highest BCUT2D eigenvalue weighted by atomic mass is 16.5. The van der Waals surface area contributed by atoms with Gasteiger partial charge >= 0.3 is 5.97 Å². The van der Waals surface area contributed by atoms with Crippen LogP contribution in [0, 0.1) is 11.3 Å². The summed E-state index contributed by atoms with van der Waals surface area (Å²) in [4.78, 5) is 39.2. The van der Waals surface area contributed by atoms with Gasteiger partial charge in [0.1, 0.15) is 0 Å². The highest BCUT2D eigenvalue weighted by molar-refractivity contribution is 5.97. The molecule has 1 aromatic heterocycles. The smallest absolute Gasteiger partial charge is 0.312 e. The molecule has 0 bridgehead atoms. The Hall–Kier alpha value is -3.99. The van der Waals surface area contributed by atoms with E-state index in [0.717, 1.165) is 0 Å². The van der Waals surface area contributed by atoms with E-state index in [2.05, 4.69) is 5.10 Å². The van der Waals surface area contributed by atoms with Gasteiger partial charge in [0.2, 0.25) is 0 Å².